The maximum atomic E-state index is 4.50. The van der Waals surface area contributed by atoms with Crippen molar-refractivity contribution in [2.75, 3.05) is 7.05 Å². The van der Waals surface area contributed by atoms with Gasteiger partial charge in [-0.05, 0) is 32.0 Å². The van der Waals surface area contributed by atoms with Gasteiger partial charge in [-0.25, -0.2) is 9.97 Å². The summed E-state index contributed by atoms with van der Waals surface area (Å²) in [4.78, 5) is 8.86. The van der Waals surface area contributed by atoms with Gasteiger partial charge >= 0.3 is 0 Å². The van der Waals surface area contributed by atoms with Gasteiger partial charge in [-0.15, -0.1) is 0 Å². The van der Waals surface area contributed by atoms with Crippen molar-refractivity contribution >= 4 is 11.8 Å². The van der Waals surface area contributed by atoms with E-state index in [-0.39, 0.29) is 0 Å². The molecule has 0 radical (unpaired) electrons. The largest absolute Gasteiger partial charge is 0.312 e. The van der Waals surface area contributed by atoms with Crippen LogP contribution in [0.15, 0.2) is 47.8 Å². The Bertz CT molecular complexity index is 530. The Hall–Kier alpha value is -1.39. The van der Waals surface area contributed by atoms with Crippen LogP contribution in [0.5, 0.6) is 0 Å². The number of hydrogen-bond acceptors (Lipinski definition) is 4. The molecule has 0 saturated heterocycles. The summed E-state index contributed by atoms with van der Waals surface area (Å²) in [7, 11) is 2.01. The fourth-order valence-electron chi connectivity index (χ4n) is 2.23. The van der Waals surface area contributed by atoms with E-state index in [9.17, 15) is 0 Å². The summed E-state index contributed by atoms with van der Waals surface area (Å²) in [5, 5.41) is 4.69. The van der Waals surface area contributed by atoms with E-state index in [0.717, 1.165) is 17.3 Å². The Kier molecular flexibility index (Phi) is 5.56. The van der Waals surface area contributed by atoms with Crippen molar-refractivity contribution in [3.8, 4) is 0 Å². The second-order valence-electron chi connectivity index (χ2n) is 4.72. The van der Waals surface area contributed by atoms with Crippen LogP contribution in [0.25, 0.3) is 0 Å². The molecule has 0 fully saturated rings. The molecule has 1 heterocycles. The average molecular weight is 287 g/mol. The predicted octanol–water partition coefficient (Wildman–Crippen LogP) is 3.62. The van der Waals surface area contributed by atoms with Crippen molar-refractivity contribution in [2.24, 2.45) is 0 Å². The van der Waals surface area contributed by atoms with Crippen molar-refractivity contribution in [2.45, 2.75) is 36.7 Å². The highest BCUT2D eigenvalue weighted by molar-refractivity contribution is 7.99. The molecule has 0 spiro atoms. The number of thioether (sulfide) groups is 1. The van der Waals surface area contributed by atoms with E-state index >= 15 is 0 Å². The van der Waals surface area contributed by atoms with Crippen molar-refractivity contribution in [3.63, 3.8) is 0 Å². The Morgan fingerprint density at radius 3 is 2.55 bits per heavy atom. The number of benzene rings is 1. The van der Waals surface area contributed by atoms with Gasteiger partial charge in [-0.2, -0.15) is 0 Å². The molecule has 0 aliphatic rings. The third-order valence-electron chi connectivity index (χ3n) is 3.27. The summed E-state index contributed by atoms with van der Waals surface area (Å²) in [6.45, 7) is 4.21. The van der Waals surface area contributed by atoms with E-state index in [2.05, 4.69) is 46.5 Å². The molecule has 0 bridgehead atoms. The summed E-state index contributed by atoms with van der Waals surface area (Å²) in [6.07, 6.45) is 2.89. The molecule has 3 nitrogen and oxygen atoms in total. The van der Waals surface area contributed by atoms with Gasteiger partial charge in [0, 0.05) is 23.2 Å². The minimum atomic E-state index is 0.301. The summed E-state index contributed by atoms with van der Waals surface area (Å²) < 4.78 is 0. The third-order valence-corrected chi connectivity index (χ3v) is 4.59. The number of aryl methyl sites for hydroxylation is 1. The number of nitrogens with one attached hydrogen (secondary N) is 1. The van der Waals surface area contributed by atoms with E-state index in [4.69, 9.17) is 0 Å². The molecule has 2 rings (SSSR count). The molecule has 20 heavy (non-hydrogen) atoms. The number of hydrogen-bond donors (Lipinski definition) is 1. The molecule has 1 aromatic heterocycles. The highest BCUT2D eigenvalue weighted by Crippen LogP contribution is 2.32. The SMILES string of the molecule is CCC(Sc1nccc(C)n1)C(NC)c1ccccc1. The highest BCUT2D eigenvalue weighted by atomic mass is 32.2. The lowest BCUT2D eigenvalue weighted by atomic mass is 10.0. The van der Waals surface area contributed by atoms with Gasteiger partial charge in [-0.1, -0.05) is 49.0 Å². The smallest absolute Gasteiger partial charge is 0.188 e. The van der Waals surface area contributed by atoms with Crippen molar-refractivity contribution in [3.05, 3.63) is 53.9 Å². The molecule has 0 saturated carbocycles. The molecule has 106 valence electrons. The zero-order chi connectivity index (χ0) is 14.4. The number of aromatic nitrogens is 2. The zero-order valence-electron chi connectivity index (χ0n) is 12.2. The molecule has 1 N–H and O–H groups in total. The second-order valence-corrected chi connectivity index (χ2v) is 5.93. The van der Waals surface area contributed by atoms with Gasteiger partial charge in [0.25, 0.3) is 0 Å². The molecule has 0 aliphatic carbocycles. The summed E-state index contributed by atoms with van der Waals surface area (Å²) in [5.74, 6) is 0. The molecule has 1 aromatic carbocycles. The molecular formula is C16H21N3S. The minimum Gasteiger partial charge on any atom is -0.312 e. The number of rotatable bonds is 6. The molecule has 2 atom stereocenters. The second kappa shape index (κ2) is 7.41. The van der Waals surface area contributed by atoms with E-state index in [1.165, 1.54) is 5.56 Å². The fourth-order valence-corrected chi connectivity index (χ4v) is 3.42. The fraction of sp³-hybridized carbons (Fsp3) is 0.375. The Morgan fingerprint density at radius 2 is 1.95 bits per heavy atom. The Labute approximate surface area is 125 Å². The Balaban J connectivity index is 2.18. The van der Waals surface area contributed by atoms with Crippen LogP contribution in [-0.2, 0) is 0 Å². The lowest BCUT2D eigenvalue weighted by Crippen LogP contribution is -2.27. The third kappa shape index (κ3) is 3.81. The van der Waals surface area contributed by atoms with Crippen LogP contribution in [0.1, 0.15) is 30.6 Å². The maximum absolute atomic E-state index is 4.50. The molecule has 2 aromatic rings. The standard InChI is InChI=1S/C16H21N3S/c1-4-14(20-16-18-11-10-12(2)19-16)15(17-3)13-8-6-5-7-9-13/h5-11,14-15,17H,4H2,1-3H3. The van der Waals surface area contributed by atoms with E-state index in [0.29, 0.717) is 11.3 Å². The van der Waals surface area contributed by atoms with Crippen LogP contribution >= 0.6 is 11.8 Å². The van der Waals surface area contributed by atoms with Crippen LogP contribution in [0, 0.1) is 6.92 Å². The normalized spacial score (nSPS) is 13.9. The molecule has 0 amide bonds. The van der Waals surface area contributed by atoms with Crippen LogP contribution in [-0.4, -0.2) is 22.3 Å². The first kappa shape index (κ1) is 15.0. The van der Waals surface area contributed by atoms with Crippen LogP contribution in [0.4, 0.5) is 0 Å². The lowest BCUT2D eigenvalue weighted by molar-refractivity contribution is 0.554. The molecular weight excluding hydrogens is 266 g/mol. The molecule has 0 aliphatic heterocycles. The van der Waals surface area contributed by atoms with Gasteiger partial charge < -0.3 is 5.32 Å². The number of nitrogens with zero attached hydrogens (tertiary/aromatic N) is 2. The molecule has 4 heteroatoms. The minimum absolute atomic E-state index is 0.301. The zero-order valence-corrected chi connectivity index (χ0v) is 13.0. The van der Waals surface area contributed by atoms with Crippen LogP contribution in [0.2, 0.25) is 0 Å². The quantitative estimate of drug-likeness (QED) is 0.650. The summed E-state index contributed by atoms with van der Waals surface area (Å²) in [6, 6.07) is 12.8. The van der Waals surface area contributed by atoms with Crippen molar-refractivity contribution in [1.82, 2.24) is 15.3 Å². The topological polar surface area (TPSA) is 37.8 Å². The summed E-state index contributed by atoms with van der Waals surface area (Å²) >= 11 is 1.75. The predicted molar refractivity (Wildman–Crippen MR) is 84.9 cm³/mol. The first-order valence-corrected chi connectivity index (χ1v) is 7.81. The summed E-state index contributed by atoms with van der Waals surface area (Å²) in [5.41, 5.74) is 2.32. The first-order valence-electron chi connectivity index (χ1n) is 6.93. The van der Waals surface area contributed by atoms with Gasteiger partial charge in [-0.3, -0.25) is 0 Å². The van der Waals surface area contributed by atoms with Crippen LogP contribution in [0.3, 0.4) is 0 Å². The monoisotopic (exact) mass is 287 g/mol. The van der Waals surface area contributed by atoms with Crippen molar-refractivity contribution < 1.29 is 0 Å². The average Bonchev–Trinajstić information content (AvgIpc) is 2.48. The Morgan fingerprint density at radius 1 is 1.20 bits per heavy atom. The first-order chi connectivity index (χ1) is 9.74. The molecule has 2 unspecified atom stereocenters. The van der Waals surface area contributed by atoms with E-state index in [1.807, 2.05) is 32.3 Å². The van der Waals surface area contributed by atoms with E-state index < -0.39 is 0 Å². The maximum Gasteiger partial charge on any atom is 0.188 e. The lowest BCUT2D eigenvalue weighted by Gasteiger charge is -2.25. The van der Waals surface area contributed by atoms with E-state index in [1.54, 1.807) is 11.8 Å². The van der Waals surface area contributed by atoms with Gasteiger partial charge in [0.2, 0.25) is 0 Å². The van der Waals surface area contributed by atoms with Crippen molar-refractivity contribution in [1.29, 1.82) is 0 Å². The van der Waals surface area contributed by atoms with Gasteiger partial charge in [0.15, 0.2) is 5.16 Å². The van der Waals surface area contributed by atoms with Gasteiger partial charge in [0.05, 0.1) is 0 Å². The van der Waals surface area contributed by atoms with Gasteiger partial charge in [0.1, 0.15) is 0 Å². The highest BCUT2D eigenvalue weighted by Gasteiger charge is 2.22. The van der Waals surface area contributed by atoms with Crippen LogP contribution < -0.4 is 5.32 Å².